The Kier molecular flexibility index (Phi) is 5.21. The van der Waals surface area contributed by atoms with Crippen molar-refractivity contribution in [2.75, 3.05) is 0 Å². The van der Waals surface area contributed by atoms with Crippen molar-refractivity contribution in [2.45, 2.75) is 6.61 Å². The van der Waals surface area contributed by atoms with Crippen molar-refractivity contribution < 1.29 is 14.5 Å². The Morgan fingerprint density at radius 3 is 2.86 bits per heavy atom. The molecule has 0 aliphatic heterocycles. The number of esters is 1. The number of benzene rings is 1. The van der Waals surface area contributed by atoms with Crippen molar-refractivity contribution in [1.29, 1.82) is 0 Å². The van der Waals surface area contributed by atoms with Crippen LogP contribution in [-0.4, -0.2) is 15.9 Å². The second-order valence-corrected chi connectivity index (χ2v) is 4.64. The third kappa shape index (κ3) is 4.39. The molecule has 0 amide bonds. The van der Waals surface area contributed by atoms with Crippen LogP contribution in [0, 0.1) is 10.1 Å². The molecule has 22 heavy (non-hydrogen) atoms. The molecule has 0 aliphatic carbocycles. The van der Waals surface area contributed by atoms with Gasteiger partial charge in [0.1, 0.15) is 11.6 Å². The smallest absolute Gasteiger partial charge is 0.331 e. The highest BCUT2D eigenvalue weighted by atomic mass is 35.5. The highest BCUT2D eigenvalue weighted by molar-refractivity contribution is 6.32. The van der Waals surface area contributed by atoms with Crippen molar-refractivity contribution >= 4 is 29.3 Å². The minimum atomic E-state index is -0.584. The van der Waals surface area contributed by atoms with E-state index in [-0.39, 0.29) is 17.3 Å². The van der Waals surface area contributed by atoms with Gasteiger partial charge < -0.3 is 4.74 Å². The number of rotatable bonds is 5. The number of halogens is 1. The van der Waals surface area contributed by atoms with Crippen LogP contribution in [0.3, 0.4) is 0 Å². The Morgan fingerprint density at radius 2 is 2.18 bits per heavy atom. The molecule has 0 spiro atoms. The molecule has 0 unspecified atom stereocenters. The number of nitro benzene ring substituents is 1. The van der Waals surface area contributed by atoms with Gasteiger partial charge in [-0.15, -0.1) is 0 Å². The zero-order valence-electron chi connectivity index (χ0n) is 11.3. The van der Waals surface area contributed by atoms with E-state index in [0.29, 0.717) is 11.3 Å². The summed E-state index contributed by atoms with van der Waals surface area (Å²) in [5.74, 6) is -0.566. The number of aromatic nitrogens is 1. The highest BCUT2D eigenvalue weighted by Crippen LogP contribution is 2.25. The van der Waals surface area contributed by atoms with Gasteiger partial charge in [-0.05, 0) is 29.8 Å². The normalized spacial score (nSPS) is 10.6. The van der Waals surface area contributed by atoms with E-state index >= 15 is 0 Å². The number of carbonyl (C=O) groups is 1. The lowest BCUT2D eigenvalue weighted by molar-refractivity contribution is -0.384. The molecule has 6 nitrogen and oxygen atoms in total. The van der Waals surface area contributed by atoms with Crippen LogP contribution in [0.2, 0.25) is 5.02 Å². The van der Waals surface area contributed by atoms with E-state index < -0.39 is 10.9 Å². The molecule has 2 aromatic rings. The van der Waals surface area contributed by atoms with E-state index in [9.17, 15) is 14.9 Å². The molecule has 112 valence electrons. The summed E-state index contributed by atoms with van der Waals surface area (Å²) in [5, 5.41) is 10.8. The van der Waals surface area contributed by atoms with Gasteiger partial charge in [0, 0.05) is 18.3 Å². The standard InChI is InChI=1S/C15H11ClN2O4/c16-13-6-4-11(9-14(13)18(20)21)5-7-15(19)22-10-12-3-1-2-8-17-12/h1-9H,10H2/b7-5-. The van der Waals surface area contributed by atoms with Crippen molar-refractivity contribution in [3.63, 3.8) is 0 Å². The first-order valence-electron chi connectivity index (χ1n) is 6.25. The van der Waals surface area contributed by atoms with Crippen molar-refractivity contribution in [3.8, 4) is 0 Å². The third-order valence-electron chi connectivity index (χ3n) is 2.67. The highest BCUT2D eigenvalue weighted by Gasteiger charge is 2.11. The summed E-state index contributed by atoms with van der Waals surface area (Å²) in [4.78, 5) is 25.8. The lowest BCUT2D eigenvalue weighted by Gasteiger charge is -2.01. The molecule has 0 saturated heterocycles. The molecule has 0 radical (unpaired) electrons. The first kappa shape index (κ1) is 15.7. The van der Waals surface area contributed by atoms with E-state index in [1.54, 1.807) is 30.5 Å². The van der Waals surface area contributed by atoms with Crippen LogP contribution in [-0.2, 0) is 16.1 Å². The summed E-state index contributed by atoms with van der Waals surface area (Å²) in [6.07, 6.45) is 4.21. The van der Waals surface area contributed by atoms with Gasteiger partial charge in [0.05, 0.1) is 10.6 Å². The number of carbonyl (C=O) groups excluding carboxylic acids is 1. The van der Waals surface area contributed by atoms with Gasteiger partial charge in [-0.2, -0.15) is 0 Å². The molecular weight excluding hydrogens is 308 g/mol. The predicted octanol–water partition coefficient (Wildman–Crippen LogP) is 3.40. The second kappa shape index (κ2) is 7.33. The predicted molar refractivity (Wildman–Crippen MR) is 81.2 cm³/mol. The summed E-state index contributed by atoms with van der Waals surface area (Å²) in [5.41, 5.74) is 0.892. The Hall–Kier alpha value is -2.73. The molecule has 1 heterocycles. The molecular formula is C15H11ClN2O4. The third-order valence-corrected chi connectivity index (χ3v) is 2.99. The van der Waals surface area contributed by atoms with Gasteiger partial charge in [-0.3, -0.25) is 15.1 Å². The summed E-state index contributed by atoms with van der Waals surface area (Å²) in [6, 6.07) is 9.54. The van der Waals surface area contributed by atoms with E-state index in [0.717, 1.165) is 0 Å². The quantitative estimate of drug-likeness (QED) is 0.365. The number of hydrogen-bond acceptors (Lipinski definition) is 5. The zero-order chi connectivity index (χ0) is 15.9. The second-order valence-electron chi connectivity index (χ2n) is 4.23. The lowest BCUT2D eigenvalue weighted by Crippen LogP contribution is -2.01. The maximum absolute atomic E-state index is 11.6. The molecule has 7 heteroatoms. The molecule has 0 N–H and O–H groups in total. The van der Waals surface area contributed by atoms with E-state index in [2.05, 4.69) is 4.98 Å². The average molecular weight is 319 g/mol. The number of nitrogens with zero attached hydrogens (tertiary/aromatic N) is 2. The minimum Gasteiger partial charge on any atom is -0.456 e. The molecule has 1 aromatic carbocycles. The van der Waals surface area contributed by atoms with E-state index in [1.807, 2.05) is 0 Å². The fraction of sp³-hybridized carbons (Fsp3) is 0.0667. The van der Waals surface area contributed by atoms with Crippen LogP contribution in [0.1, 0.15) is 11.3 Å². The summed E-state index contributed by atoms with van der Waals surface area (Å²) >= 11 is 5.71. The van der Waals surface area contributed by atoms with Crippen LogP contribution in [0.25, 0.3) is 6.08 Å². The molecule has 1 aromatic heterocycles. The van der Waals surface area contributed by atoms with Crippen molar-refractivity contribution in [3.05, 3.63) is 75.1 Å². The van der Waals surface area contributed by atoms with Crippen molar-refractivity contribution in [2.24, 2.45) is 0 Å². The Bertz CT molecular complexity index is 717. The van der Waals surface area contributed by atoms with E-state index in [1.165, 1.54) is 24.3 Å². The van der Waals surface area contributed by atoms with Crippen LogP contribution in [0.5, 0.6) is 0 Å². The number of hydrogen-bond donors (Lipinski definition) is 0. The molecule has 0 fully saturated rings. The monoisotopic (exact) mass is 318 g/mol. The molecule has 0 bridgehead atoms. The van der Waals surface area contributed by atoms with Crippen LogP contribution < -0.4 is 0 Å². The van der Waals surface area contributed by atoms with Gasteiger partial charge in [-0.25, -0.2) is 4.79 Å². The van der Waals surface area contributed by atoms with Crippen molar-refractivity contribution in [1.82, 2.24) is 4.98 Å². The fourth-order valence-electron chi connectivity index (χ4n) is 1.61. The maximum atomic E-state index is 11.6. The van der Waals surface area contributed by atoms with Crippen LogP contribution in [0.15, 0.2) is 48.7 Å². The van der Waals surface area contributed by atoms with Gasteiger partial charge >= 0.3 is 5.97 Å². The zero-order valence-corrected chi connectivity index (χ0v) is 12.1. The number of nitro groups is 1. The summed E-state index contributed by atoms with van der Waals surface area (Å²) in [6.45, 7) is 0.0603. The number of ether oxygens (including phenoxy) is 1. The molecule has 0 saturated carbocycles. The summed E-state index contributed by atoms with van der Waals surface area (Å²) < 4.78 is 5.00. The Morgan fingerprint density at radius 1 is 1.36 bits per heavy atom. The van der Waals surface area contributed by atoms with Gasteiger partial charge in [0.25, 0.3) is 5.69 Å². The Balaban J connectivity index is 1.98. The van der Waals surface area contributed by atoms with Crippen LogP contribution >= 0.6 is 11.6 Å². The maximum Gasteiger partial charge on any atom is 0.331 e. The average Bonchev–Trinajstić information content (AvgIpc) is 2.53. The van der Waals surface area contributed by atoms with Gasteiger partial charge in [0.15, 0.2) is 0 Å². The first-order valence-corrected chi connectivity index (χ1v) is 6.63. The fourth-order valence-corrected chi connectivity index (χ4v) is 1.80. The Labute approximate surface area is 131 Å². The SMILES string of the molecule is O=C(/C=C\c1ccc(Cl)c([N+](=O)[O-])c1)OCc1ccccn1. The molecule has 2 rings (SSSR count). The minimum absolute atomic E-state index is 0.0416. The summed E-state index contributed by atoms with van der Waals surface area (Å²) in [7, 11) is 0. The molecule has 0 aliphatic rings. The van der Waals surface area contributed by atoms with E-state index in [4.69, 9.17) is 16.3 Å². The van der Waals surface area contributed by atoms with Crippen LogP contribution in [0.4, 0.5) is 5.69 Å². The largest absolute Gasteiger partial charge is 0.456 e. The first-order chi connectivity index (χ1) is 10.6. The lowest BCUT2D eigenvalue weighted by atomic mass is 10.2. The number of pyridine rings is 1. The van der Waals surface area contributed by atoms with Gasteiger partial charge in [-0.1, -0.05) is 23.7 Å². The topological polar surface area (TPSA) is 82.3 Å². The van der Waals surface area contributed by atoms with Gasteiger partial charge in [0.2, 0.25) is 0 Å². The molecule has 0 atom stereocenters.